The summed E-state index contributed by atoms with van der Waals surface area (Å²) in [6, 6.07) is 5.98. The Morgan fingerprint density at radius 1 is 1.53 bits per heavy atom. The number of Topliss-reactive ketones (excluding diaryl/α,β-unsaturated/α-hetero) is 1. The summed E-state index contributed by atoms with van der Waals surface area (Å²) in [5, 5.41) is -0.515. The van der Waals surface area contributed by atoms with Gasteiger partial charge in [-0.1, -0.05) is 25.1 Å². The summed E-state index contributed by atoms with van der Waals surface area (Å²) < 4.78 is 0. The lowest BCUT2D eigenvalue weighted by molar-refractivity contribution is -0.116. The molecule has 1 aromatic carbocycles. The van der Waals surface area contributed by atoms with Gasteiger partial charge in [-0.25, -0.2) is 0 Å². The number of ketones is 1. The van der Waals surface area contributed by atoms with Crippen LogP contribution in [0, 0.1) is 0 Å². The number of benzene rings is 1. The van der Waals surface area contributed by atoms with Gasteiger partial charge < -0.3 is 0 Å². The van der Waals surface area contributed by atoms with E-state index < -0.39 is 5.38 Å². The van der Waals surface area contributed by atoms with Crippen LogP contribution in [0.15, 0.2) is 23.1 Å². The molecule has 0 aliphatic rings. The molecule has 0 aromatic heterocycles. The summed E-state index contributed by atoms with van der Waals surface area (Å²) in [4.78, 5) is 12.4. The number of hydrogen-bond acceptors (Lipinski definition) is 2. The van der Waals surface area contributed by atoms with Gasteiger partial charge in [0, 0.05) is 4.90 Å². The molecule has 0 saturated carbocycles. The van der Waals surface area contributed by atoms with Crippen molar-refractivity contribution in [3.05, 3.63) is 29.3 Å². The van der Waals surface area contributed by atoms with Crippen LogP contribution in [0.2, 0.25) is 0 Å². The molecule has 0 aliphatic heterocycles. The number of halogens is 1. The van der Waals surface area contributed by atoms with Crippen molar-refractivity contribution in [2.75, 3.05) is 6.26 Å². The van der Waals surface area contributed by atoms with E-state index >= 15 is 0 Å². The van der Waals surface area contributed by atoms with Gasteiger partial charge in [0.25, 0.3) is 0 Å². The Bertz CT molecular complexity index is 363. The molecule has 3 heteroatoms. The number of hydrogen-bond donors (Lipinski definition) is 0. The standard InChI is InChI=1S/C12H15ClOS/c1-4-9-6-5-7-10(12(9)15-3)11(13)8(2)14/h5-7,11H,4H2,1-3H3. The molecule has 1 aromatic rings. The molecular formula is C12H15ClOS. The van der Waals surface area contributed by atoms with Gasteiger partial charge in [0.2, 0.25) is 0 Å². The van der Waals surface area contributed by atoms with Crippen LogP contribution in [0.25, 0.3) is 0 Å². The highest BCUT2D eigenvalue weighted by Gasteiger charge is 2.17. The minimum atomic E-state index is -0.515. The maximum Gasteiger partial charge on any atom is 0.152 e. The monoisotopic (exact) mass is 242 g/mol. The van der Waals surface area contributed by atoms with E-state index in [1.807, 2.05) is 18.4 Å². The lowest BCUT2D eigenvalue weighted by atomic mass is 10.0. The van der Waals surface area contributed by atoms with Crippen molar-refractivity contribution in [2.45, 2.75) is 30.5 Å². The predicted octanol–water partition coefficient (Wildman–Crippen LogP) is 3.84. The third kappa shape index (κ3) is 2.76. The van der Waals surface area contributed by atoms with Crippen LogP contribution in [-0.2, 0) is 11.2 Å². The molecule has 0 heterocycles. The van der Waals surface area contributed by atoms with E-state index in [0.717, 1.165) is 16.9 Å². The highest BCUT2D eigenvalue weighted by molar-refractivity contribution is 7.98. The van der Waals surface area contributed by atoms with Crippen LogP contribution >= 0.6 is 23.4 Å². The fraction of sp³-hybridized carbons (Fsp3) is 0.417. The van der Waals surface area contributed by atoms with Crippen LogP contribution in [-0.4, -0.2) is 12.0 Å². The summed E-state index contributed by atoms with van der Waals surface area (Å²) in [5.74, 6) is 0.000203. The molecule has 0 aliphatic carbocycles. The van der Waals surface area contributed by atoms with Crippen molar-refractivity contribution in [1.29, 1.82) is 0 Å². The van der Waals surface area contributed by atoms with Gasteiger partial charge in [0.1, 0.15) is 5.38 Å². The Morgan fingerprint density at radius 3 is 2.67 bits per heavy atom. The highest BCUT2D eigenvalue weighted by Crippen LogP contribution is 2.33. The second kappa shape index (κ2) is 5.57. The van der Waals surface area contributed by atoms with Crippen molar-refractivity contribution in [3.8, 4) is 0 Å². The average Bonchev–Trinajstić information content (AvgIpc) is 2.26. The zero-order valence-electron chi connectivity index (χ0n) is 9.21. The number of aryl methyl sites for hydroxylation is 1. The van der Waals surface area contributed by atoms with Crippen LogP contribution in [0.1, 0.15) is 30.4 Å². The van der Waals surface area contributed by atoms with E-state index in [2.05, 4.69) is 13.0 Å². The Labute approximate surface area is 100 Å². The fourth-order valence-electron chi connectivity index (χ4n) is 1.55. The first-order valence-corrected chi connectivity index (χ1v) is 6.58. The second-order valence-corrected chi connectivity index (χ2v) is 4.62. The number of alkyl halides is 1. The molecule has 0 amide bonds. The van der Waals surface area contributed by atoms with Crippen LogP contribution in [0.3, 0.4) is 0 Å². The molecule has 0 saturated heterocycles. The maximum atomic E-state index is 11.3. The molecule has 0 spiro atoms. The van der Waals surface area contributed by atoms with Crippen molar-refractivity contribution in [2.24, 2.45) is 0 Å². The quantitative estimate of drug-likeness (QED) is 0.590. The largest absolute Gasteiger partial charge is 0.298 e. The number of thioether (sulfide) groups is 1. The predicted molar refractivity (Wildman–Crippen MR) is 66.9 cm³/mol. The van der Waals surface area contributed by atoms with E-state index in [0.29, 0.717) is 0 Å². The summed E-state index contributed by atoms with van der Waals surface area (Å²) in [6.45, 7) is 3.64. The van der Waals surface area contributed by atoms with Gasteiger partial charge in [-0.2, -0.15) is 0 Å². The van der Waals surface area contributed by atoms with E-state index in [-0.39, 0.29) is 5.78 Å². The zero-order chi connectivity index (χ0) is 11.4. The Balaban J connectivity index is 3.22. The first kappa shape index (κ1) is 12.6. The van der Waals surface area contributed by atoms with E-state index in [9.17, 15) is 4.79 Å². The van der Waals surface area contributed by atoms with Crippen LogP contribution in [0.4, 0.5) is 0 Å². The summed E-state index contributed by atoms with van der Waals surface area (Å²) in [7, 11) is 0. The summed E-state index contributed by atoms with van der Waals surface area (Å²) >= 11 is 7.75. The summed E-state index contributed by atoms with van der Waals surface area (Å²) in [6.07, 6.45) is 2.98. The first-order chi connectivity index (χ1) is 7.11. The van der Waals surface area contributed by atoms with E-state index in [1.54, 1.807) is 11.8 Å². The number of carbonyl (C=O) groups is 1. The Morgan fingerprint density at radius 2 is 2.20 bits per heavy atom. The van der Waals surface area contributed by atoms with Crippen molar-refractivity contribution >= 4 is 29.1 Å². The SMILES string of the molecule is CCc1cccc(C(Cl)C(C)=O)c1SC. The molecule has 1 nitrogen and oxygen atoms in total. The molecule has 1 rings (SSSR count). The van der Waals surface area contributed by atoms with E-state index in [1.165, 1.54) is 12.5 Å². The van der Waals surface area contributed by atoms with Gasteiger partial charge in [0.05, 0.1) is 0 Å². The number of rotatable bonds is 4. The van der Waals surface area contributed by atoms with Gasteiger partial charge in [-0.05, 0) is 30.7 Å². The lowest BCUT2D eigenvalue weighted by Crippen LogP contribution is -2.04. The zero-order valence-corrected chi connectivity index (χ0v) is 10.8. The third-order valence-corrected chi connectivity index (χ3v) is 3.79. The minimum Gasteiger partial charge on any atom is -0.298 e. The molecular weight excluding hydrogens is 228 g/mol. The average molecular weight is 243 g/mol. The smallest absolute Gasteiger partial charge is 0.152 e. The second-order valence-electron chi connectivity index (χ2n) is 3.37. The van der Waals surface area contributed by atoms with Gasteiger partial charge in [0.15, 0.2) is 5.78 Å². The molecule has 0 fully saturated rings. The third-order valence-electron chi connectivity index (χ3n) is 2.34. The highest BCUT2D eigenvalue weighted by atomic mass is 35.5. The number of carbonyl (C=O) groups excluding carboxylic acids is 1. The Hall–Kier alpha value is -0.470. The van der Waals surface area contributed by atoms with Crippen molar-refractivity contribution in [3.63, 3.8) is 0 Å². The maximum absolute atomic E-state index is 11.3. The van der Waals surface area contributed by atoms with Gasteiger partial charge in [-0.15, -0.1) is 23.4 Å². The molecule has 82 valence electrons. The molecule has 0 radical (unpaired) electrons. The molecule has 1 unspecified atom stereocenters. The molecule has 15 heavy (non-hydrogen) atoms. The Kier molecular flexibility index (Phi) is 4.68. The molecule has 1 atom stereocenters. The fourth-order valence-corrected chi connectivity index (χ4v) is 2.69. The minimum absolute atomic E-state index is 0.000203. The van der Waals surface area contributed by atoms with E-state index in [4.69, 9.17) is 11.6 Å². The van der Waals surface area contributed by atoms with Gasteiger partial charge >= 0.3 is 0 Å². The van der Waals surface area contributed by atoms with Crippen molar-refractivity contribution < 1.29 is 4.79 Å². The normalized spacial score (nSPS) is 12.5. The summed E-state index contributed by atoms with van der Waals surface area (Å²) in [5.41, 5.74) is 2.20. The topological polar surface area (TPSA) is 17.1 Å². The lowest BCUT2D eigenvalue weighted by Gasteiger charge is -2.14. The van der Waals surface area contributed by atoms with Crippen LogP contribution in [0.5, 0.6) is 0 Å². The van der Waals surface area contributed by atoms with Crippen molar-refractivity contribution in [1.82, 2.24) is 0 Å². The molecule has 0 N–H and O–H groups in total. The molecule has 0 bridgehead atoms. The van der Waals surface area contributed by atoms with Crippen LogP contribution < -0.4 is 0 Å². The van der Waals surface area contributed by atoms with Gasteiger partial charge in [-0.3, -0.25) is 4.79 Å². The first-order valence-electron chi connectivity index (χ1n) is 4.92.